The van der Waals surface area contributed by atoms with E-state index in [1.807, 2.05) is 0 Å². The minimum Gasteiger partial charge on any atom is -0.376 e. The molecule has 0 aliphatic rings. The molecule has 4 nitrogen and oxygen atoms in total. The van der Waals surface area contributed by atoms with Crippen molar-refractivity contribution in [2.24, 2.45) is 0 Å². The van der Waals surface area contributed by atoms with E-state index < -0.39 is 12.6 Å². The van der Waals surface area contributed by atoms with E-state index in [1.54, 1.807) is 6.92 Å². The number of aliphatic hydroxyl groups excluding tert-OH is 1. The first-order valence-corrected chi connectivity index (χ1v) is 3.05. The summed E-state index contributed by atoms with van der Waals surface area (Å²) in [6, 6.07) is 0. The number of carbonyl (C=O) groups is 2. The third-order valence-electron chi connectivity index (χ3n) is 1.13. The number of imide groups is 1. The van der Waals surface area contributed by atoms with E-state index in [2.05, 4.69) is 0 Å². The van der Waals surface area contributed by atoms with E-state index in [0.717, 1.165) is 4.90 Å². The lowest BCUT2D eigenvalue weighted by atomic mass is 10.4. The monoisotopic (exact) mass is 145 g/mol. The summed E-state index contributed by atoms with van der Waals surface area (Å²) in [5.41, 5.74) is 0. The number of amides is 2. The van der Waals surface area contributed by atoms with Gasteiger partial charge in [0.1, 0.15) is 6.73 Å². The fourth-order valence-corrected chi connectivity index (χ4v) is 0.545. The number of carbonyl (C=O) groups excluding carboxylic acids is 2. The maximum atomic E-state index is 10.7. The summed E-state index contributed by atoms with van der Waals surface area (Å²) in [6.07, 6.45) is 0.236. The molecule has 0 saturated carbocycles. The molecule has 0 aromatic rings. The molecule has 0 aromatic heterocycles. The fraction of sp³-hybridized carbons (Fsp3) is 0.667. The van der Waals surface area contributed by atoms with Gasteiger partial charge in [-0.2, -0.15) is 0 Å². The highest BCUT2D eigenvalue weighted by Crippen LogP contribution is 1.91. The molecule has 0 bridgehead atoms. The van der Waals surface area contributed by atoms with Crippen LogP contribution in [0.5, 0.6) is 0 Å². The topological polar surface area (TPSA) is 57.6 Å². The van der Waals surface area contributed by atoms with Crippen molar-refractivity contribution in [3.8, 4) is 0 Å². The Morgan fingerprint density at radius 1 is 1.50 bits per heavy atom. The zero-order valence-electron chi connectivity index (χ0n) is 6.13. The van der Waals surface area contributed by atoms with Gasteiger partial charge < -0.3 is 5.11 Å². The molecule has 0 heterocycles. The van der Waals surface area contributed by atoms with Crippen LogP contribution in [0.3, 0.4) is 0 Å². The van der Waals surface area contributed by atoms with Crippen molar-refractivity contribution >= 4 is 11.8 Å². The maximum absolute atomic E-state index is 10.7. The quantitative estimate of drug-likeness (QED) is 0.544. The average molecular weight is 145 g/mol. The van der Waals surface area contributed by atoms with Gasteiger partial charge in [0.15, 0.2) is 0 Å². The summed E-state index contributed by atoms with van der Waals surface area (Å²) in [4.78, 5) is 22.0. The Hall–Kier alpha value is -0.900. The van der Waals surface area contributed by atoms with Crippen molar-refractivity contribution in [2.45, 2.75) is 20.3 Å². The maximum Gasteiger partial charge on any atom is 0.230 e. The Kier molecular flexibility index (Phi) is 3.64. The van der Waals surface area contributed by atoms with Gasteiger partial charge in [-0.05, 0) is 0 Å². The van der Waals surface area contributed by atoms with Crippen LogP contribution in [0.2, 0.25) is 0 Å². The predicted octanol–water partition coefficient (Wildman–Crippen LogP) is -0.279. The van der Waals surface area contributed by atoms with Crippen LogP contribution in [0.15, 0.2) is 0 Å². The molecule has 0 atom stereocenters. The summed E-state index contributed by atoms with van der Waals surface area (Å²) in [7, 11) is 0. The van der Waals surface area contributed by atoms with Crippen LogP contribution in [-0.4, -0.2) is 28.6 Å². The van der Waals surface area contributed by atoms with Crippen molar-refractivity contribution in [1.29, 1.82) is 0 Å². The Labute approximate surface area is 59.4 Å². The molecule has 0 unspecified atom stereocenters. The fourth-order valence-electron chi connectivity index (χ4n) is 0.545. The van der Waals surface area contributed by atoms with Crippen molar-refractivity contribution in [1.82, 2.24) is 4.90 Å². The summed E-state index contributed by atoms with van der Waals surface area (Å²) in [6.45, 7) is 2.35. The molecule has 0 aliphatic heterocycles. The van der Waals surface area contributed by atoms with Gasteiger partial charge in [0, 0.05) is 13.3 Å². The van der Waals surface area contributed by atoms with Crippen LogP contribution >= 0.6 is 0 Å². The second-order valence-electron chi connectivity index (χ2n) is 1.84. The zero-order chi connectivity index (χ0) is 8.15. The minimum absolute atomic E-state index is 0.236. The van der Waals surface area contributed by atoms with E-state index in [4.69, 9.17) is 5.11 Å². The number of rotatable bonds is 2. The largest absolute Gasteiger partial charge is 0.376 e. The molecule has 0 saturated heterocycles. The van der Waals surface area contributed by atoms with Crippen molar-refractivity contribution < 1.29 is 14.7 Å². The summed E-state index contributed by atoms with van der Waals surface area (Å²) >= 11 is 0. The lowest BCUT2D eigenvalue weighted by Gasteiger charge is -2.13. The van der Waals surface area contributed by atoms with Crippen LogP contribution in [0.25, 0.3) is 0 Å². The molecular weight excluding hydrogens is 134 g/mol. The van der Waals surface area contributed by atoms with E-state index in [-0.39, 0.29) is 12.3 Å². The van der Waals surface area contributed by atoms with Crippen LogP contribution in [0, 0.1) is 0 Å². The second-order valence-corrected chi connectivity index (χ2v) is 1.84. The second kappa shape index (κ2) is 4.00. The van der Waals surface area contributed by atoms with Gasteiger partial charge in [-0.25, -0.2) is 0 Å². The molecule has 4 heteroatoms. The Balaban J connectivity index is 4.06. The van der Waals surface area contributed by atoms with Crippen LogP contribution < -0.4 is 0 Å². The molecule has 0 spiro atoms. The first kappa shape index (κ1) is 9.10. The van der Waals surface area contributed by atoms with Gasteiger partial charge in [-0.3, -0.25) is 14.5 Å². The van der Waals surface area contributed by atoms with Crippen LogP contribution in [-0.2, 0) is 9.59 Å². The Bertz CT molecular complexity index is 144. The lowest BCUT2D eigenvalue weighted by Crippen LogP contribution is -2.35. The summed E-state index contributed by atoms with van der Waals surface area (Å²) < 4.78 is 0. The van der Waals surface area contributed by atoms with Gasteiger partial charge in [0.25, 0.3) is 0 Å². The normalized spacial score (nSPS) is 9.10. The molecule has 58 valence electrons. The standard InChI is InChI=1S/C6H11NO3/c1-3-6(10)7(4-8)5(2)9/h8H,3-4H2,1-2H3. The SMILES string of the molecule is CCC(=O)N(CO)C(C)=O. The highest BCUT2D eigenvalue weighted by Gasteiger charge is 2.13. The molecule has 0 radical (unpaired) electrons. The van der Waals surface area contributed by atoms with Crippen molar-refractivity contribution in [3.05, 3.63) is 0 Å². The first-order valence-electron chi connectivity index (χ1n) is 3.05. The Morgan fingerprint density at radius 3 is 2.10 bits per heavy atom. The minimum atomic E-state index is -0.526. The number of hydrogen-bond donors (Lipinski definition) is 1. The number of hydrogen-bond acceptors (Lipinski definition) is 3. The lowest BCUT2D eigenvalue weighted by molar-refractivity contribution is -0.147. The van der Waals surface area contributed by atoms with Crippen molar-refractivity contribution in [3.63, 3.8) is 0 Å². The number of nitrogens with zero attached hydrogens (tertiary/aromatic N) is 1. The molecule has 0 rings (SSSR count). The molecule has 2 amide bonds. The van der Waals surface area contributed by atoms with Crippen LogP contribution in [0.1, 0.15) is 20.3 Å². The van der Waals surface area contributed by atoms with Crippen molar-refractivity contribution in [2.75, 3.05) is 6.73 Å². The molecule has 0 fully saturated rings. The van der Waals surface area contributed by atoms with E-state index in [0.29, 0.717) is 0 Å². The summed E-state index contributed by atoms with van der Waals surface area (Å²) in [5.74, 6) is -0.774. The first-order chi connectivity index (χ1) is 4.63. The molecule has 1 N–H and O–H groups in total. The van der Waals surface area contributed by atoms with Gasteiger partial charge in [0.2, 0.25) is 11.8 Å². The van der Waals surface area contributed by atoms with E-state index >= 15 is 0 Å². The molecular formula is C6H11NO3. The molecule has 0 aliphatic carbocycles. The van der Waals surface area contributed by atoms with Gasteiger partial charge in [0.05, 0.1) is 0 Å². The van der Waals surface area contributed by atoms with E-state index in [1.165, 1.54) is 6.92 Å². The highest BCUT2D eigenvalue weighted by molar-refractivity contribution is 5.93. The third kappa shape index (κ3) is 2.14. The predicted molar refractivity (Wildman–Crippen MR) is 34.9 cm³/mol. The van der Waals surface area contributed by atoms with Crippen LogP contribution in [0.4, 0.5) is 0 Å². The van der Waals surface area contributed by atoms with Gasteiger partial charge >= 0.3 is 0 Å². The average Bonchev–Trinajstić information content (AvgIpc) is 1.88. The molecule has 0 aromatic carbocycles. The van der Waals surface area contributed by atoms with Gasteiger partial charge in [-0.15, -0.1) is 0 Å². The third-order valence-corrected chi connectivity index (χ3v) is 1.13. The highest BCUT2D eigenvalue weighted by atomic mass is 16.3. The molecule has 10 heavy (non-hydrogen) atoms. The van der Waals surface area contributed by atoms with Gasteiger partial charge in [-0.1, -0.05) is 6.92 Å². The summed E-state index contributed by atoms with van der Waals surface area (Å²) in [5, 5.41) is 8.48. The number of aliphatic hydroxyl groups is 1. The Morgan fingerprint density at radius 2 is 2.00 bits per heavy atom. The van der Waals surface area contributed by atoms with E-state index in [9.17, 15) is 9.59 Å². The smallest absolute Gasteiger partial charge is 0.230 e. The zero-order valence-corrected chi connectivity index (χ0v) is 6.13.